The summed E-state index contributed by atoms with van der Waals surface area (Å²) in [4.78, 5) is 62.4. The molecule has 2 aliphatic heterocycles. The number of thioether (sulfide) groups is 1. The summed E-state index contributed by atoms with van der Waals surface area (Å²) in [5.74, 6) is -5.67. The van der Waals surface area contributed by atoms with Crippen molar-refractivity contribution in [1.82, 2.24) is 10.2 Å². The first-order valence-electron chi connectivity index (χ1n) is 12.6. The van der Waals surface area contributed by atoms with Gasteiger partial charge in [-0.25, -0.2) is 9.59 Å². The highest BCUT2D eigenvalue weighted by molar-refractivity contribution is 8.00. The lowest BCUT2D eigenvalue weighted by Crippen LogP contribution is -2.80. The van der Waals surface area contributed by atoms with Crippen molar-refractivity contribution in [2.45, 2.75) is 36.4 Å². The van der Waals surface area contributed by atoms with Gasteiger partial charge < -0.3 is 39.7 Å². The molecule has 6 N–H and O–H groups in total. The minimum absolute atomic E-state index is 0.0148. The number of aliphatic carboxylic acids is 2. The topological polar surface area (TPSA) is 258 Å². The zero-order valence-corrected chi connectivity index (χ0v) is 24.9. The number of nitrogens with zero attached hydrogens (tertiary/aromatic N) is 1. The predicted octanol–water partition coefficient (Wildman–Crippen LogP) is -0.306. The van der Waals surface area contributed by atoms with E-state index in [1.54, 1.807) is 0 Å². The molecule has 240 valence electrons. The smallest absolute Gasteiger partial charge is 0.446 e. The Hall–Kier alpha value is -4.17. The maximum Gasteiger partial charge on any atom is 0.446 e. The lowest BCUT2D eigenvalue weighted by molar-refractivity contribution is -0.192. The summed E-state index contributed by atoms with van der Waals surface area (Å²) in [7, 11) is -2.36. The van der Waals surface area contributed by atoms with Crippen LogP contribution in [0.15, 0.2) is 41.3 Å². The number of carboxylic acid groups (broad SMARTS) is 2. The number of ether oxygens (including phenoxy) is 3. The number of carbonyl (C=O) groups excluding carboxylic acids is 3. The fourth-order valence-electron chi connectivity index (χ4n) is 4.25. The second kappa shape index (κ2) is 14.1. The molecule has 0 bridgehead atoms. The number of benzene rings is 1. The number of methoxy groups -OCH3 is 2. The summed E-state index contributed by atoms with van der Waals surface area (Å²) in [5.41, 5.74) is 3.56. The normalized spacial score (nSPS) is 20.6. The van der Waals surface area contributed by atoms with Gasteiger partial charge in [0.2, 0.25) is 11.7 Å². The molecule has 1 saturated heterocycles. The van der Waals surface area contributed by atoms with Crippen LogP contribution in [-0.4, -0.2) is 102 Å². The van der Waals surface area contributed by atoms with Crippen LogP contribution >= 0.6 is 11.8 Å². The number of hydrogen-bond donors (Lipinski definition) is 5. The first-order chi connectivity index (χ1) is 20.6. The third-order valence-electron chi connectivity index (χ3n) is 6.37. The van der Waals surface area contributed by atoms with Crippen molar-refractivity contribution in [3.63, 3.8) is 0 Å². The van der Waals surface area contributed by atoms with Gasteiger partial charge in [-0.15, -0.1) is 11.8 Å². The van der Waals surface area contributed by atoms with Crippen molar-refractivity contribution >= 4 is 58.0 Å². The van der Waals surface area contributed by atoms with Gasteiger partial charge in [0.25, 0.3) is 11.6 Å². The van der Waals surface area contributed by atoms with Crippen molar-refractivity contribution in [3.8, 4) is 5.75 Å². The van der Waals surface area contributed by atoms with Gasteiger partial charge in [-0.3, -0.25) is 23.8 Å². The standard InChI is InChI=1S/C25H29N3O14S2/c1-39-17(10-13-6-8-15(9-7-13)42-44(36,37)38)22(34)41-11-14-12-43-24-25(40-2,23(35)28(24)19(14)21(32)33)27-18(29)5-3-4-16(26)20(30)31/h6-10,16,24H,3-5,11-12,26H2,1-2H3,(H,27,29)(H,30,31)(H,32,33)(H,36,37,38)/b17-10-. The van der Waals surface area contributed by atoms with Crippen LogP contribution in [0, 0.1) is 0 Å². The predicted molar refractivity (Wildman–Crippen MR) is 150 cm³/mol. The van der Waals surface area contributed by atoms with Crippen LogP contribution in [0.2, 0.25) is 0 Å². The number of carboxylic acids is 2. The molecule has 1 fully saturated rings. The number of esters is 1. The van der Waals surface area contributed by atoms with E-state index in [4.69, 9.17) is 29.6 Å². The highest BCUT2D eigenvalue weighted by Crippen LogP contribution is 2.46. The molecule has 17 nitrogen and oxygen atoms in total. The molecule has 3 rings (SSSR count). The quantitative estimate of drug-likeness (QED) is 0.0404. The Labute approximate surface area is 254 Å². The molecule has 19 heteroatoms. The van der Waals surface area contributed by atoms with E-state index >= 15 is 0 Å². The van der Waals surface area contributed by atoms with Gasteiger partial charge in [0.15, 0.2) is 0 Å². The van der Waals surface area contributed by atoms with E-state index in [-0.39, 0.29) is 42.1 Å². The fourth-order valence-corrected chi connectivity index (χ4v) is 6.02. The monoisotopic (exact) mass is 659 g/mol. The average molecular weight is 660 g/mol. The van der Waals surface area contributed by atoms with E-state index in [0.717, 1.165) is 16.7 Å². The van der Waals surface area contributed by atoms with Gasteiger partial charge in [-0.2, -0.15) is 8.42 Å². The molecule has 1 aromatic rings. The minimum atomic E-state index is -4.72. The van der Waals surface area contributed by atoms with Crippen LogP contribution in [0.25, 0.3) is 6.08 Å². The van der Waals surface area contributed by atoms with Crippen LogP contribution in [0.4, 0.5) is 0 Å². The molecule has 0 spiro atoms. The SMILES string of the molecule is CO/C(=C\c1ccc(OS(=O)(=O)O)cc1)C(=O)OCC1=C(C(=O)O)N2C(=O)C(NC(=O)CCCC(N)C(=O)O)(OC)C2SC1. The molecule has 3 unspecified atom stereocenters. The van der Waals surface area contributed by atoms with Crippen molar-refractivity contribution in [3.05, 3.63) is 46.9 Å². The van der Waals surface area contributed by atoms with Crippen molar-refractivity contribution in [2.75, 3.05) is 26.6 Å². The fraction of sp³-hybridized carbons (Fsp3) is 0.400. The van der Waals surface area contributed by atoms with E-state index in [0.29, 0.717) is 5.56 Å². The molecule has 0 aromatic heterocycles. The summed E-state index contributed by atoms with van der Waals surface area (Å²) in [5, 5.41) is 20.3. The molecule has 2 amide bonds. The van der Waals surface area contributed by atoms with Gasteiger partial charge in [-0.05, 0) is 36.6 Å². The average Bonchev–Trinajstić information content (AvgIpc) is 2.96. The number of nitrogens with two attached hydrogens (primary N) is 1. The van der Waals surface area contributed by atoms with Crippen molar-refractivity contribution in [2.24, 2.45) is 5.73 Å². The van der Waals surface area contributed by atoms with E-state index < -0.39 is 69.6 Å². The lowest BCUT2D eigenvalue weighted by atomic mass is 9.97. The first kappa shape index (κ1) is 34.3. The number of hydrogen-bond acceptors (Lipinski definition) is 13. The Balaban J connectivity index is 1.69. The van der Waals surface area contributed by atoms with Crippen LogP contribution in [0.5, 0.6) is 5.75 Å². The summed E-state index contributed by atoms with van der Waals surface area (Å²) in [6.45, 7) is -0.526. The second-order valence-corrected chi connectivity index (χ2v) is 11.4. The minimum Gasteiger partial charge on any atom is -0.490 e. The lowest BCUT2D eigenvalue weighted by Gasteiger charge is -2.55. The molecule has 0 radical (unpaired) electrons. The van der Waals surface area contributed by atoms with E-state index in [9.17, 15) is 37.5 Å². The molecular weight excluding hydrogens is 630 g/mol. The highest BCUT2D eigenvalue weighted by Gasteiger charge is 2.66. The van der Waals surface area contributed by atoms with Crippen LogP contribution in [0.1, 0.15) is 24.8 Å². The van der Waals surface area contributed by atoms with E-state index in [2.05, 4.69) is 9.50 Å². The number of carbonyl (C=O) groups is 5. The third kappa shape index (κ3) is 7.85. The van der Waals surface area contributed by atoms with E-state index in [1.807, 2.05) is 0 Å². The number of nitrogens with one attached hydrogen (secondary N) is 1. The first-order valence-corrected chi connectivity index (χ1v) is 15.0. The zero-order chi connectivity index (χ0) is 32.8. The molecule has 1 aromatic carbocycles. The van der Waals surface area contributed by atoms with Gasteiger partial charge in [0.05, 0.1) is 7.11 Å². The summed E-state index contributed by atoms with van der Waals surface area (Å²) in [6.07, 6.45) is 1.24. The van der Waals surface area contributed by atoms with Crippen molar-refractivity contribution in [1.29, 1.82) is 0 Å². The Bertz CT molecular complexity index is 1490. The maximum atomic E-state index is 13.2. The van der Waals surface area contributed by atoms with Crippen LogP contribution in [-0.2, 0) is 48.6 Å². The van der Waals surface area contributed by atoms with Crippen LogP contribution in [0.3, 0.4) is 0 Å². The summed E-state index contributed by atoms with van der Waals surface area (Å²) < 4.78 is 50.4. The van der Waals surface area contributed by atoms with Gasteiger partial charge in [0.1, 0.15) is 29.5 Å². The largest absolute Gasteiger partial charge is 0.490 e. The summed E-state index contributed by atoms with van der Waals surface area (Å²) in [6, 6.07) is 3.98. The van der Waals surface area contributed by atoms with Crippen LogP contribution < -0.4 is 15.2 Å². The number of amides is 2. The van der Waals surface area contributed by atoms with E-state index in [1.165, 1.54) is 44.6 Å². The number of β-lactam (4-membered cyclic amide) rings is 1. The molecule has 2 aliphatic rings. The Morgan fingerprint density at radius 3 is 2.41 bits per heavy atom. The Morgan fingerprint density at radius 1 is 1.20 bits per heavy atom. The molecule has 2 heterocycles. The van der Waals surface area contributed by atoms with Gasteiger partial charge >= 0.3 is 28.3 Å². The number of rotatable bonds is 15. The Kier molecular flexibility index (Phi) is 11.0. The van der Waals surface area contributed by atoms with Crippen molar-refractivity contribution < 1.29 is 65.5 Å². The zero-order valence-electron chi connectivity index (χ0n) is 23.3. The Morgan fingerprint density at radius 2 is 1.86 bits per heavy atom. The highest BCUT2D eigenvalue weighted by atomic mass is 32.3. The maximum absolute atomic E-state index is 13.2. The van der Waals surface area contributed by atoms with Gasteiger partial charge in [0, 0.05) is 24.9 Å². The number of fused-ring (bicyclic) bond motifs is 1. The molecule has 0 saturated carbocycles. The molecule has 3 atom stereocenters. The molecule has 0 aliphatic carbocycles. The molecule has 44 heavy (non-hydrogen) atoms. The molecular formula is C25H29N3O14S2. The third-order valence-corrected chi connectivity index (χ3v) is 8.15. The second-order valence-electron chi connectivity index (χ2n) is 9.29. The summed E-state index contributed by atoms with van der Waals surface area (Å²) >= 11 is 1.06. The van der Waals surface area contributed by atoms with Gasteiger partial charge in [-0.1, -0.05) is 12.1 Å².